The van der Waals surface area contributed by atoms with E-state index >= 15 is 0 Å². The summed E-state index contributed by atoms with van der Waals surface area (Å²) < 4.78 is 53.6. The number of hydrogen-bond acceptors (Lipinski definition) is 10. The highest BCUT2D eigenvalue weighted by molar-refractivity contribution is 6.07. The van der Waals surface area contributed by atoms with Crippen LogP contribution in [0.25, 0.3) is 0 Å². The third-order valence-corrected chi connectivity index (χ3v) is 5.27. The minimum Gasteiger partial charge on any atom is -0.457 e. The number of esters is 1. The molecule has 0 spiro atoms. The van der Waals surface area contributed by atoms with Crippen molar-refractivity contribution in [1.29, 1.82) is 0 Å². The van der Waals surface area contributed by atoms with Gasteiger partial charge in [-0.15, -0.1) is 0 Å². The molecular weight excluding hydrogens is 537 g/mol. The fourth-order valence-electron chi connectivity index (χ4n) is 3.08. The van der Waals surface area contributed by atoms with E-state index in [9.17, 15) is 27.6 Å². The average Bonchev–Trinajstić information content (AvgIpc) is 2.88. The first-order valence-electron chi connectivity index (χ1n) is 12.3. The van der Waals surface area contributed by atoms with Gasteiger partial charge in [-0.2, -0.15) is 18.2 Å². The van der Waals surface area contributed by atoms with E-state index in [1.807, 2.05) is 19.0 Å². The molecule has 0 radical (unpaired) electrons. The molecule has 0 aliphatic carbocycles. The number of para-hydroxylation sites is 1. The van der Waals surface area contributed by atoms with Gasteiger partial charge in [0.25, 0.3) is 5.91 Å². The Morgan fingerprint density at radius 2 is 1.75 bits per heavy atom. The number of rotatable bonds is 16. The van der Waals surface area contributed by atoms with Crippen LogP contribution in [0.1, 0.15) is 17.3 Å². The molecule has 1 aromatic heterocycles. The second kappa shape index (κ2) is 15.3. The van der Waals surface area contributed by atoms with Gasteiger partial charge in [-0.1, -0.05) is 12.1 Å². The number of likely N-dealkylation sites (N-methyl/N-ethyl adjacent to an activating group) is 1. The highest BCUT2D eigenvalue weighted by Gasteiger charge is 2.41. The van der Waals surface area contributed by atoms with Gasteiger partial charge in [0.1, 0.15) is 12.4 Å². The number of halogens is 3. The van der Waals surface area contributed by atoms with E-state index in [1.54, 1.807) is 18.2 Å². The maximum Gasteiger partial charge on any atom is 0.490 e. The topological polar surface area (TPSA) is 150 Å². The predicted octanol–water partition coefficient (Wildman–Crippen LogP) is 1.33. The van der Waals surface area contributed by atoms with E-state index in [2.05, 4.69) is 20.4 Å². The molecule has 2 rings (SSSR count). The number of anilines is 2. The predicted molar refractivity (Wildman–Crippen MR) is 141 cm³/mol. The molecule has 1 heterocycles. The summed E-state index contributed by atoms with van der Waals surface area (Å²) in [6.07, 6.45) is -3.65. The standard InChI is InChI=1S/C25H35F3N6O6/c1-24(29,17-40-22(36)25(26,27)28)16-30-19-7-5-4-6-18(19)21(35)31-20-8-9-34(23(37)32-20)11-13-39-15-14-38-12-10-33(2)3/h4-9,30H,10-17,29H2,1-3H3,(H,31,32,35,37). The second-order valence-electron chi connectivity index (χ2n) is 9.40. The molecule has 0 aliphatic heterocycles. The summed E-state index contributed by atoms with van der Waals surface area (Å²) >= 11 is 0. The van der Waals surface area contributed by atoms with Crippen LogP contribution in [0.3, 0.4) is 0 Å². The number of ether oxygens (including phenoxy) is 3. The van der Waals surface area contributed by atoms with Crippen molar-refractivity contribution < 1.29 is 37.0 Å². The molecule has 1 unspecified atom stereocenters. The Kier molecular flexibility index (Phi) is 12.5. The third-order valence-electron chi connectivity index (χ3n) is 5.27. The van der Waals surface area contributed by atoms with Crippen LogP contribution in [0.15, 0.2) is 41.3 Å². The quantitative estimate of drug-likeness (QED) is 0.199. The monoisotopic (exact) mass is 572 g/mol. The van der Waals surface area contributed by atoms with Crippen LogP contribution < -0.4 is 22.1 Å². The lowest BCUT2D eigenvalue weighted by molar-refractivity contribution is -0.201. The Labute approximate surface area is 229 Å². The number of benzene rings is 1. The Balaban J connectivity index is 1.88. The van der Waals surface area contributed by atoms with Gasteiger partial charge in [-0.3, -0.25) is 9.36 Å². The number of nitrogens with one attached hydrogen (secondary N) is 2. The summed E-state index contributed by atoms with van der Waals surface area (Å²) in [6, 6.07) is 7.76. The van der Waals surface area contributed by atoms with Crippen molar-refractivity contribution in [1.82, 2.24) is 14.5 Å². The number of hydrogen-bond donors (Lipinski definition) is 3. The van der Waals surface area contributed by atoms with Crippen molar-refractivity contribution in [2.75, 3.05) is 70.9 Å². The molecule has 12 nitrogen and oxygen atoms in total. The molecule has 1 atom stereocenters. The van der Waals surface area contributed by atoms with Gasteiger partial charge in [0.15, 0.2) is 0 Å². The lowest BCUT2D eigenvalue weighted by Crippen LogP contribution is -2.49. The number of carbonyl (C=O) groups is 2. The van der Waals surface area contributed by atoms with Crippen molar-refractivity contribution in [2.45, 2.75) is 25.2 Å². The van der Waals surface area contributed by atoms with Gasteiger partial charge < -0.3 is 35.5 Å². The molecule has 4 N–H and O–H groups in total. The summed E-state index contributed by atoms with van der Waals surface area (Å²) in [5.41, 5.74) is 4.47. The summed E-state index contributed by atoms with van der Waals surface area (Å²) in [4.78, 5) is 42.1. The zero-order chi connectivity index (χ0) is 29.8. The molecule has 15 heteroatoms. The largest absolute Gasteiger partial charge is 0.490 e. The van der Waals surface area contributed by atoms with Gasteiger partial charge >= 0.3 is 17.8 Å². The van der Waals surface area contributed by atoms with Gasteiger partial charge in [-0.05, 0) is 39.2 Å². The third kappa shape index (κ3) is 11.7. The molecule has 222 valence electrons. The highest BCUT2D eigenvalue weighted by atomic mass is 19.4. The molecule has 2 aromatic rings. The first-order chi connectivity index (χ1) is 18.8. The maximum absolute atomic E-state index is 12.9. The van der Waals surface area contributed by atoms with E-state index in [-0.39, 0.29) is 31.1 Å². The van der Waals surface area contributed by atoms with Crippen molar-refractivity contribution in [3.8, 4) is 0 Å². The Bertz CT molecular complexity index is 1170. The molecule has 0 saturated heterocycles. The first kappa shape index (κ1) is 32.7. The maximum atomic E-state index is 12.9. The minimum absolute atomic E-state index is 0.0268. The summed E-state index contributed by atoms with van der Waals surface area (Å²) in [7, 11) is 3.91. The highest BCUT2D eigenvalue weighted by Crippen LogP contribution is 2.19. The smallest absolute Gasteiger partial charge is 0.457 e. The SMILES string of the molecule is CN(C)CCOCCOCCn1ccc(NC(=O)c2ccccc2NCC(C)(N)COC(=O)C(F)(F)F)nc1=O. The van der Waals surface area contributed by atoms with E-state index in [0.29, 0.717) is 25.5 Å². The molecule has 0 bridgehead atoms. The molecule has 0 fully saturated rings. The number of carbonyl (C=O) groups excluding carboxylic acids is 2. The fourth-order valence-corrected chi connectivity index (χ4v) is 3.08. The Morgan fingerprint density at radius 3 is 2.40 bits per heavy atom. The van der Waals surface area contributed by atoms with Crippen LogP contribution in [0.2, 0.25) is 0 Å². The van der Waals surface area contributed by atoms with E-state index < -0.39 is 35.9 Å². The van der Waals surface area contributed by atoms with Crippen LogP contribution in [-0.2, 0) is 25.5 Å². The van der Waals surface area contributed by atoms with Crippen molar-refractivity contribution >= 4 is 23.4 Å². The van der Waals surface area contributed by atoms with E-state index in [4.69, 9.17) is 15.2 Å². The molecular formula is C25H35F3N6O6. The first-order valence-corrected chi connectivity index (χ1v) is 12.3. The molecule has 0 aliphatic rings. The number of alkyl halides is 3. The number of aromatic nitrogens is 2. The Hall–Kier alpha value is -3.53. The second-order valence-corrected chi connectivity index (χ2v) is 9.40. The molecule has 1 amide bonds. The minimum atomic E-state index is -5.13. The van der Waals surface area contributed by atoms with Crippen molar-refractivity contribution in [3.05, 3.63) is 52.6 Å². The summed E-state index contributed by atoms with van der Waals surface area (Å²) in [5.74, 6) is -2.90. The van der Waals surface area contributed by atoms with E-state index in [1.165, 1.54) is 29.8 Å². The van der Waals surface area contributed by atoms with Gasteiger partial charge in [-0.25, -0.2) is 9.59 Å². The van der Waals surface area contributed by atoms with Gasteiger partial charge in [0.05, 0.1) is 44.1 Å². The van der Waals surface area contributed by atoms with Gasteiger partial charge in [0, 0.05) is 25.0 Å². The van der Waals surface area contributed by atoms with Gasteiger partial charge in [0.2, 0.25) is 0 Å². The molecule has 1 aromatic carbocycles. The van der Waals surface area contributed by atoms with Crippen molar-refractivity contribution in [2.24, 2.45) is 5.73 Å². The zero-order valence-electron chi connectivity index (χ0n) is 22.6. The number of amides is 1. The number of nitrogens with two attached hydrogens (primary N) is 1. The molecule has 40 heavy (non-hydrogen) atoms. The van der Waals surface area contributed by atoms with Crippen LogP contribution in [0.5, 0.6) is 0 Å². The van der Waals surface area contributed by atoms with Crippen LogP contribution in [-0.4, -0.2) is 98.3 Å². The zero-order valence-corrected chi connectivity index (χ0v) is 22.6. The Morgan fingerprint density at radius 1 is 1.07 bits per heavy atom. The van der Waals surface area contributed by atoms with Crippen molar-refractivity contribution in [3.63, 3.8) is 0 Å². The normalized spacial score (nSPS) is 13.1. The van der Waals surface area contributed by atoms with Crippen LogP contribution >= 0.6 is 0 Å². The lowest BCUT2D eigenvalue weighted by Gasteiger charge is -2.25. The average molecular weight is 573 g/mol. The van der Waals surface area contributed by atoms with Crippen LogP contribution in [0.4, 0.5) is 24.7 Å². The fraction of sp³-hybridized carbons (Fsp3) is 0.520. The summed E-state index contributed by atoms with van der Waals surface area (Å²) in [5, 5.41) is 5.43. The lowest BCUT2D eigenvalue weighted by atomic mass is 10.0. The summed E-state index contributed by atoms with van der Waals surface area (Å²) in [6.45, 7) is 3.34. The number of nitrogens with zero attached hydrogens (tertiary/aromatic N) is 3. The van der Waals surface area contributed by atoms with Crippen LogP contribution in [0, 0.1) is 0 Å². The van der Waals surface area contributed by atoms with E-state index in [0.717, 1.165) is 6.54 Å². The molecule has 0 saturated carbocycles.